The summed E-state index contributed by atoms with van der Waals surface area (Å²) in [6.07, 6.45) is 5.85. The highest BCUT2D eigenvalue weighted by Gasteiger charge is 2.32. The maximum Gasteiger partial charge on any atom is 0.225 e. The van der Waals surface area contributed by atoms with Gasteiger partial charge in [0.15, 0.2) is 21.5 Å². The van der Waals surface area contributed by atoms with Crippen LogP contribution in [0.1, 0.15) is 55.0 Å². The minimum absolute atomic E-state index is 0.0616. The van der Waals surface area contributed by atoms with Crippen LogP contribution in [-0.4, -0.2) is 40.1 Å². The van der Waals surface area contributed by atoms with Crippen molar-refractivity contribution in [1.82, 2.24) is 19.9 Å². The highest BCUT2D eigenvalue weighted by Crippen LogP contribution is 2.44. The van der Waals surface area contributed by atoms with Crippen molar-refractivity contribution in [2.45, 2.75) is 62.4 Å². The summed E-state index contributed by atoms with van der Waals surface area (Å²) in [5, 5.41) is 7.13. The molecule has 0 amide bonds. The van der Waals surface area contributed by atoms with Crippen LogP contribution in [0.15, 0.2) is 53.6 Å². The third-order valence-corrected chi connectivity index (χ3v) is 11.6. The lowest BCUT2D eigenvalue weighted by atomic mass is 10.1. The van der Waals surface area contributed by atoms with Gasteiger partial charge in [0.05, 0.1) is 32.3 Å². The fraction of sp³-hybridized carbons (Fsp3) is 0.333. The fourth-order valence-electron chi connectivity index (χ4n) is 6.12. The zero-order chi connectivity index (χ0) is 32.9. The number of sulfone groups is 1. The first-order chi connectivity index (χ1) is 22.5. The summed E-state index contributed by atoms with van der Waals surface area (Å²) in [5.41, 5.74) is 3.01. The first-order valence-electron chi connectivity index (χ1n) is 15.3. The van der Waals surface area contributed by atoms with Gasteiger partial charge in [0.25, 0.3) is 0 Å². The number of aryl methyl sites for hydroxylation is 1. The van der Waals surface area contributed by atoms with Crippen molar-refractivity contribution in [3.8, 4) is 10.6 Å². The van der Waals surface area contributed by atoms with Gasteiger partial charge < -0.3 is 10.6 Å². The van der Waals surface area contributed by atoms with Gasteiger partial charge in [0.2, 0.25) is 5.95 Å². The Morgan fingerprint density at radius 2 is 1.68 bits per heavy atom. The van der Waals surface area contributed by atoms with Gasteiger partial charge >= 0.3 is 0 Å². The predicted molar refractivity (Wildman–Crippen MR) is 172 cm³/mol. The van der Waals surface area contributed by atoms with E-state index in [4.69, 9.17) is 9.97 Å². The van der Waals surface area contributed by atoms with Crippen molar-refractivity contribution in [2.75, 3.05) is 16.4 Å². The average molecular weight is 683 g/mol. The molecule has 0 aliphatic heterocycles. The minimum Gasteiger partial charge on any atom is -0.367 e. The van der Waals surface area contributed by atoms with E-state index in [0.29, 0.717) is 53.3 Å². The molecule has 0 spiro atoms. The van der Waals surface area contributed by atoms with Gasteiger partial charge in [-0.15, -0.1) is 11.3 Å². The summed E-state index contributed by atoms with van der Waals surface area (Å²) in [4.78, 5) is 19.0. The first-order valence-corrected chi connectivity index (χ1v) is 17.8. The van der Waals surface area contributed by atoms with Crippen LogP contribution in [-0.2, 0) is 16.4 Å². The lowest BCUT2D eigenvalue weighted by Crippen LogP contribution is -2.20. The molecule has 3 heterocycles. The Bertz CT molecular complexity index is 2090. The number of halogens is 4. The number of fused-ring (bicyclic) bond motifs is 1. The van der Waals surface area contributed by atoms with Gasteiger partial charge in [0, 0.05) is 36.3 Å². The molecular formula is C33H30F4N6O2S2. The lowest BCUT2D eigenvalue weighted by Gasteiger charge is -2.19. The van der Waals surface area contributed by atoms with Gasteiger partial charge in [-0.3, -0.25) is 4.98 Å². The Balaban J connectivity index is 1.17. The van der Waals surface area contributed by atoms with E-state index in [1.807, 2.05) is 13.0 Å². The molecule has 0 bridgehead atoms. The summed E-state index contributed by atoms with van der Waals surface area (Å²) in [6, 6.07) is 7.96. The number of aromatic nitrogens is 4. The number of hydrogen-bond donors (Lipinski definition) is 2. The number of rotatable bonds is 10. The highest BCUT2D eigenvalue weighted by atomic mass is 32.2. The minimum atomic E-state index is -3.61. The Morgan fingerprint density at radius 3 is 2.45 bits per heavy atom. The predicted octanol–water partition coefficient (Wildman–Crippen LogP) is 7.56. The highest BCUT2D eigenvalue weighted by molar-refractivity contribution is 7.91. The second kappa shape index (κ2) is 12.5. The van der Waals surface area contributed by atoms with Gasteiger partial charge in [-0.1, -0.05) is 0 Å². The molecule has 3 aromatic heterocycles. The molecule has 2 unspecified atom stereocenters. The van der Waals surface area contributed by atoms with E-state index in [1.165, 1.54) is 23.5 Å². The molecule has 2 aliphatic carbocycles. The van der Waals surface area contributed by atoms with Crippen LogP contribution in [0.3, 0.4) is 0 Å². The van der Waals surface area contributed by atoms with Crippen LogP contribution < -0.4 is 10.6 Å². The van der Waals surface area contributed by atoms with Crippen LogP contribution in [0.4, 0.5) is 29.3 Å². The van der Waals surface area contributed by atoms with Crippen LogP contribution in [0.25, 0.3) is 20.8 Å². The Labute approximate surface area is 272 Å². The van der Waals surface area contributed by atoms with E-state index in [-0.39, 0.29) is 40.7 Å². The van der Waals surface area contributed by atoms with Crippen molar-refractivity contribution in [3.05, 3.63) is 88.9 Å². The molecule has 2 aliphatic rings. The van der Waals surface area contributed by atoms with E-state index >= 15 is 0 Å². The number of anilines is 2. The molecular weight excluding hydrogens is 653 g/mol. The molecule has 2 fully saturated rings. The van der Waals surface area contributed by atoms with Crippen molar-refractivity contribution < 1.29 is 26.0 Å². The molecule has 2 atom stereocenters. The van der Waals surface area contributed by atoms with Crippen LogP contribution in [0.2, 0.25) is 0 Å². The van der Waals surface area contributed by atoms with Crippen LogP contribution in [0, 0.1) is 36.1 Å². The number of benzene rings is 2. The summed E-state index contributed by atoms with van der Waals surface area (Å²) in [5.74, 6) is -3.01. The lowest BCUT2D eigenvalue weighted by molar-refractivity contribution is 0.490. The Hall–Kier alpha value is -4.17. The molecule has 8 nitrogen and oxygen atoms in total. The fourth-order valence-corrected chi connectivity index (χ4v) is 8.86. The van der Waals surface area contributed by atoms with Crippen molar-refractivity contribution in [2.24, 2.45) is 5.92 Å². The Morgan fingerprint density at radius 1 is 0.915 bits per heavy atom. The molecule has 47 heavy (non-hydrogen) atoms. The summed E-state index contributed by atoms with van der Waals surface area (Å²) >= 11 is 1.50. The van der Waals surface area contributed by atoms with Gasteiger partial charge in [0.1, 0.15) is 28.0 Å². The smallest absolute Gasteiger partial charge is 0.225 e. The van der Waals surface area contributed by atoms with E-state index in [1.54, 1.807) is 6.20 Å². The number of nitrogens with one attached hydrogen (secondary N) is 2. The SMILES string of the molecule is Cc1nc(NCc2cc(F)c(F)cc2F)nc(NC2CCC(CS(=O)(=O)c3ccc(F)cc3)C2)c1-c1nc2c(C3CC3)nccc2s1. The molecule has 14 heteroatoms. The molecule has 244 valence electrons. The normalized spacial score (nSPS) is 18.1. The molecule has 7 rings (SSSR count). The van der Waals surface area contributed by atoms with Gasteiger partial charge in [-0.05, 0) is 81.3 Å². The van der Waals surface area contributed by atoms with Crippen molar-refractivity contribution in [3.63, 3.8) is 0 Å². The molecule has 0 saturated heterocycles. The Kier molecular flexibility index (Phi) is 8.33. The molecule has 2 saturated carbocycles. The van der Waals surface area contributed by atoms with Gasteiger partial charge in [-0.25, -0.2) is 35.9 Å². The average Bonchev–Trinajstić information content (AvgIpc) is 3.64. The zero-order valence-electron chi connectivity index (χ0n) is 25.2. The summed E-state index contributed by atoms with van der Waals surface area (Å²) < 4.78 is 82.1. The zero-order valence-corrected chi connectivity index (χ0v) is 26.9. The van der Waals surface area contributed by atoms with Crippen molar-refractivity contribution >= 4 is 43.2 Å². The number of thiazole rings is 1. The van der Waals surface area contributed by atoms with E-state index in [9.17, 15) is 26.0 Å². The maximum atomic E-state index is 14.4. The van der Waals surface area contributed by atoms with E-state index in [0.717, 1.165) is 47.0 Å². The monoisotopic (exact) mass is 682 g/mol. The second-order valence-corrected chi connectivity index (χ2v) is 15.2. The van der Waals surface area contributed by atoms with Crippen LogP contribution >= 0.6 is 11.3 Å². The number of pyridine rings is 1. The summed E-state index contributed by atoms with van der Waals surface area (Å²) in [6.45, 7) is 1.62. The maximum absolute atomic E-state index is 14.4. The molecule has 2 aromatic carbocycles. The molecule has 5 aromatic rings. The van der Waals surface area contributed by atoms with E-state index in [2.05, 4.69) is 20.6 Å². The second-order valence-electron chi connectivity index (χ2n) is 12.2. The third-order valence-electron chi connectivity index (χ3n) is 8.64. The molecule has 0 radical (unpaired) electrons. The van der Waals surface area contributed by atoms with Crippen molar-refractivity contribution in [1.29, 1.82) is 0 Å². The van der Waals surface area contributed by atoms with Gasteiger partial charge in [-0.2, -0.15) is 4.98 Å². The number of nitrogens with zero attached hydrogens (tertiary/aromatic N) is 4. The topological polar surface area (TPSA) is 110 Å². The largest absolute Gasteiger partial charge is 0.367 e. The first kappa shape index (κ1) is 31.4. The van der Waals surface area contributed by atoms with E-state index < -0.39 is 33.1 Å². The number of hydrogen-bond acceptors (Lipinski definition) is 9. The quantitative estimate of drug-likeness (QED) is 0.0883. The van der Waals surface area contributed by atoms with Crippen LogP contribution in [0.5, 0.6) is 0 Å². The molecule has 2 N–H and O–H groups in total. The summed E-state index contributed by atoms with van der Waals surface area (Å²) in [7, 11) is -3.61. The standard InChI is InChI=1S/C33H30F4N6O2S2/c1-17-28(32-42-30-27(46-32)10-11-38-29(30)19-3-4-19)31(43-33(40-17)39-15-20-13-25(36)26(37)14-24(20)35)41-22-7-2-18(12-22)16-47(44,45)23-8-5-21(34)6-9-23/h5-6,8-11,13-14,18-19,22H,2-4,7,12,15-16H2,1H3,(H2,39,40,41,43). The third kappa shape index (κ3) is 6.66.